The number of hydrogen-bond acceptors (Lipinski definition) is 6. The Labute approximate surface area is 146 Å². The monoisotopic (exact) mass is 340 g/mol. The van der Waals surface area contributed by atoms with Crippen LogP contribution >= 0.6 is 0 Å². The van der Waals surface area contributed by atoms with Crippen molar-refractivity contribution in [3.05, 3.63) is 29.9 Å². The first-order chi connectivity index (χ1) is 12.2. The Morgan fingerprint density at radius 3 is 2.88 bits per heavy atom. The van der Waals surface area contributed by atoms with Gasteiger partial charge in [0.05, 0.1) is 6.20 Å². The second-order valence-electron chi connectivity index (χ2n) is 7.15. The average molecular weight is 340 g/mol. The van der Waals surface area contributed by atoms with Crippen molar-refractivity contribution >= 4 is 17.0 Å². The van der Waals surface area contributed by atoms with Gasteiger partial charge in [-0.25, -0.2) is 9.67 Å². The molecule has 1 fully saturated rings. The summed E-state index contributed by atoms with van der Waals surface area (Å²) in [7, 11) is 0. The van der Waals surface area contributed by atoms with Crippen molar-refractivity contribution in [1.29, 1.82) is 0 Å². The standard InChI is InChI=1S/C18H24N6O/c1-12(2)24-17-15(11-21-24)7-14(9-19-17)10-20-18-23-22-16(25-18)8-13-5-3-4-6-13/h7,9,11-13H,3-6,8,10H2,1-2H3,(H,20,23). The fraction of sp³-hybridized carbons (Fsp3) is 0.556. The number of rotatable bonds is 6. The molecule has 132 valence electrons. The van der Waals surface area contributed by atoms with Gasteiger partial charge in [-0.3, -0.25) is 0 Å². The Morgan fingerprint density at radius 1 is 1.24 bits per heavy atom. The van der Waals surface area contributed by atoms with Crippen molar-refractivity contribution in [1.82, 2.24) is 25.0 Å². The van der Waals surface area contributed by atoms with Gasteiger partial charge in [0.2, 0.25) is 5.89 Å². The van der Waals surface area contributed by atoms with E-state index in [-0.39, 0.29) is 0 Å². The normalized spacial score (nSPS) is 15.5. The van der Waals surface area contributed by atoms with Gasteiger partial charge < -0.3 is 9.73 Å². The van der Waals surface area contributed by atoms with Crippen LogP contribution in [0.5, 0.6) is 0 Å². The average Bonchev–Trinajstić information content (AvgIpc) is 3.33. The van der Waals surface area contributed by atoms with E-state index in [4.69, 9.17) is 4.42 Å². The van der Waals surface area contributed by atoms with Crippen LogP contribution in [0.4, 0.5) is 6.01 Å². The van der Waals surface area contributed by atoms with E-state index in [2.05, 4.69) is 45.5 Å². The third kappa shape index (κ3) is 3.50. The lowest BCUT2D eigenvalue weighted by molar-refractivity contribution is 0.437. The molecule has 1 aliphatic rings. The largest absolute Gasteiger partial charge is 0.408 e. The van der Waals surface area contributed by atoms with Gasteiger partial charge in [0.15, 0.2) is 5.65 Å². The molecule has 7 heteroatoms. The predicted octanol–water partition coefficient (Wildman–Crippen LogP) is 3.74. The van der Waals surface area contributed by atoms with Gasteiger partial charge in [-0.1, -0.05) is 17.9 Å². The van der Waals surface area contributed by atoms with Crippen LogP contribution in [-0.4, -0.2) is 25.0 Å². The predicted molar refractivity (Wildman–Crippen MR) is 95.2 cm³/mol. The number of fused-ring (bicyclic) bond motifs is 1. The Balaban J connectivity index is 1.39. The van der Waals surface area contributed by atoms with Gasteiger partial charge in [0, 0.05) is 30.6 Å². The van der Waals surface area contributed by atoms with Crippen LogP contribution in [0.3, 0.4) is 0 Å². The van der Waals surface area contributed by atoms with Gasteiger partial charge in [0.25, 0.3) is 0 Å². The minimum atomic E-state index is 0.297. The van der Waals surface area contributed by atoms with Crippen LogP contribution in [0.15, 0.2) is 22.9 Å². The van der Waals surface area contributed by atoms with E-state index in [0.29, 0.717) is 24.5 Å². The fourth-order valence-electron chi connectivity index (χ4n) is 3.51. The molecule has 0 radical (unpaired) electrons. The van der Waals surface area contributed by atoms with E-state index in [0.717, 1.165) is 28.9 Å². The molecule has 25 heavy (non-hydrogen) atoms. The molecule has 1 saturated carbocycles. The van der Waals surface area contributed by atoms with Crippen LogP contribution in [0.1, 0.15) is 57.0 Å². The Bertz CT molecular complexity index is 846. The summed E-state index contributed by atoms with van der Waals surface area (Å²) in [6.45, 7) is 4.80. The molecule has 3 aromatic heterocycles. The summed E-state index contributed by atoms with van der Waals surface area (Å²) in [4.78, 5) is 4.54. The summed E-state index contributed by atoms with van der Waals surface area (Å²) >= 11 is 0. The number of aromatic nitrogens is 5. The first kappa shape index (κ1) is 16.1. The molecule has 0 aliphatic heterocycles. The van der Waals surface area contributed by atoms with E-state index in [1.165, 1.54) is 25.7 Å². The van der Waals surface area contributed by atoms with E-state index >= 15 is 0 Å². The number of pyridine rings is 1. The summed E-state index contributed by atoms with van der Waals surface area (Å²) in [5.74, 6) is 1.44. The van der Waals surface area contributed by atoms with Crippen LogP contribution < -0.4 is 5.32 Å². The minimum Gasteiger partial charge on any atom is -0.408 e. The van der Waals surface area contributed by atoms with Gasteiger partial charge in [-0.15, -0.1) is 5.10 Å². The van der Waals surface area contributed by atoms with E-state index in [9.17, 15) is 0 Å². The number of hydrogen-bond donors (Lipinski definition) is 1. The Kier molecular flexibility index (Phi) is 4.38. The zero-order valence-electron chi connectivity index (χ0n) is 14.8. The Morgan fingerprint density at radius 2 is 2.08 bits per heavy atom. The van der Waals surface area contributed by atoms with Gasteiger partial charge in [-0.05, 0) is 44.2 Å². The summed E-state index contributed by atoms with van der Waals surface area (Å²) in [5.41, 5.74) is 1.97. The van der Waals surface area contributed by atoms with E-state index in [1.54, 1.807) is 0 Å². The van der Waals surface area contributed by atoms with Crippen molar-refractivity contribution in [3.63, 3.8) is 0 Å². The number of nitrogens with zero attached hydrogens (tertiary/aromatic N) is 5. The molecule has 7 nitrogen and oxygen atoms in total. The second kappa shape index (κ2) is 6.82. The summed E-state index contributed by atoms with van der Waals surface area (Å²) in [5, 5.41) is 16.9. The lowest BCUT2D eigenvalue weighted by Crippen LogP contribution is -2.04. The highest BCUT2D eigenvalue weighted by molar-refractivity contribution is 5.75. The molecular weight excluding hydrogens is 316 g/mol. The fourth-order valence-corrected chi connectivity index (χ4v) is 3.51. The number of anilines is 1. The summed E-state index contributed by atoms with van der Waals surface area (Å²) < 4.78 is 7.65. The van der Waals surface area contributed by atoms with Crippen molar-refractivity contribution in [2.75, 3.05) is 5.32 Å². The van der Waals surface area contributed by atoms with Crippen LogP contribution in [0.25, 0.3) is 11.0 Å². The van der Waals surface area contributed by atoms with Crippen LogP contribution in [-0.2, 0) is 13.0 Å². The third-order valence-corrected chi connectivity index (χ3v) is 4.83. The molecule has 0 bridgehead atoms. The first-order valence-corrected chi connectivity index (χ1v) is 9.07. The highest BCUT2D eigenvalue weighted by Crippen LogP contribution is 2.28. The van der Waals surface area contributed by atoms with Gasteiger partial charge >= 0.3 is 6.01 Å². The van der Waals surface area contributed by atoms with Crippen molar-refractivity contribution in [3.8, 4) is 0 Å². The highest BCUT2D eigenvalue weighted by Gasteiger charge is 2.18. The number of nitrogens with one attached hydrogen (secondary N) is 1. The molecule has 0 saturated heterocycles. The third-order valence-electron chi connectivity index (χ3n) is 4.83. The highest BCUT2D eigenvalue weighted by atomic mass is 16.4. The molecule has 1 N–H and O–H groups in total. The van der Waals surface area contributed by atoms with E-state index in [1.807, 2.05) is 17.1 Å². The summed E-state index contributed by atoms with van der Waals surface area (Å²) in [6.07, 6.45) is 9.84. The maximum Gasteiger partial charge on any atom is 0.315 e. The first-order valence-electron chi connectivity index (χ1n) is 9.07. The van der Waals surface area contributed by atoms with Gasteiger partial charge in [0.1, 0.15) is 0 Å². The second-order valence-corrected chi connectivity index (χ2v) is 7.15. The smallest absolute Gasteiger partial charge is 0.315 e. The molecule has 1 aliphatic carbocycles. The van der Waals surface area contributed by atoms with Crippen LogP contribution in [0, 0.1) is 5.92 Å². The van der Waals surface area contributed by atoms with E-state index < -0.39 is 0 Å². The molecule has 0 spiro atoms. The maximum atomic E-state index is 5.72. The lowest BCUT2D eigenvalue weighted by atomic mass is 10.0. The molecule has 3 aromatic rings. The molecule has 0 atom stereocenters. The van der Waals surface area contributed by atoms with Crippen molar-refractivity contribution in [2.45, 2.75) is 58.5 Å². The van der Waals surface area contributed by atoms with Gasteiger partial charge in [-0.2, -0.15) is 5.10 Å². The molecule has 3 heterocycles. The summed E-state index contributed by atoms with van der Waals surface area (Å²) in [6, 6.07) is 2.87. The topological polar surface area (TPSA) is 81.7 Å². The quantitative estimate of drug-likeness (QED) is 0.736. The zero-order valence-corrected chi connectivity index (χ0v) is 14.8. The molecule has 0 aromatic carbocycles. The maximum absolute atomic E-state index is 5.72. The van der Waals surface area contributed by atoms with Crippen molar-refractivity contribution in [2.24, 2.45) is 5.92 Å². The lowest BCUT2D eigenvalue weighted by Gasteiger charge is -2.06. The van der Waals surface area contributed by atoms with Crippen LogP contribution in [0.2, 0.25) is 0 Å². The molecule has 4 rings (SSSR count). The molecular formula is C18H24N6O. The SMILES string of the molecule is CC(C)n1ncc2cc(CNc3nnc(CC4CCCC4)o3)cnc21. The Hall–Kier alpha value is -2.44. The van der Waals surface area contributed by atoms with Crippen molar-refractivity contribution < 1.29 is 4.42 Å². The molecule has 0 unspecified atom stereocenters. The minimum absolute atomic E-state index is 0.297. The molecule has 0 amide bonds. The zero-order chi connectivity index (χ0) is 17.2.